The van der Waals surface area contributed by atoms with Gasteiger partial charge in [-0.3, -0.25) is 14.5 Å². The summed E-state index contributed by atoms with van der Waals surface area (Å²) >= 11 is 0. The molecule has 3 unspecified atom stereocenters. The molecule has 0 spiro atoms. The highest BCUT2D eigenvalue weighted by molar-refractivity contribution is 5.93. The van der Waals surface area contributed by atoms with E-state index < -0.39 is 41.1 Å². The van der Waals surface area contributed by atoms with Gasteiger partial charge in [0.1, 0.15) is 17.7 Å². The van der Waals surface area contributed by atoms with E-state index in [9.17, 15) is 14.4 Å². The van der Waals surface area contributed by atoms with Crippen LogP contribution in [0.4, 0.5) is 4.79 Å². The summed E-state index contributed by atoms with van der Waals surface area (Å²) in [6.07, 6.45) is 5.72. The Morgan fingerprint density at radius 3 is 2.00 bits per heavy atom. The summed E-state index contributed by atoms with van der Waals surface area (Å²) in [5.74, 6) is -1.19. The number of aryl methyl sites for hydroxylation is 2. The van der Waals surface area contributed by atoms with Gasteiger partial charge in [0.05, 0.1) is 0 Å². The largest absolute Gasteiger partial charge is 0.444 e. The molecule has 0 bridgehead atoms. The number of rotatable bonds is 7. The molecule has 7 nitrogen and oxygen atoms in total. The van der Waals surface area contributed by atoms with Gasteiger partial charge < -0.3 is 15.4 Å². The number of hydrogen-bond donors (Lipinski definition) is 2. The minimum absolute atomic E-state index is 0.249. The standard InChI is InChI=1S/C27H41N3O4/c1-12-19(5)21(28-25(33)34-27(9,10)11)24(32)30(13-2)22(23(31)29-26(6,7)8)20-15-17(3)14-18(4)16-20/h2,14-16,19,21-22H,12H2,1,3-11H3,(H,28,33)(H,29,31). The fourth-order valence-electron chi connectivity index (χ4n) is 3.56. The van der Waals surface area contributed by atoms with Crippen LogP contribution < -0.4 is 10.6 Å². The Bertz CT molecular complexity index is 914. The van der Waals surface area contributed by atoms with Gasteiger partial charge in [-0.2, -0.15) is 0 Å². The maximum absolute atomic E-state index is 13.8. The predicted molar refractivity (Wildman–Crippen MR) is 135 cm³/mol. The van der Waals surface area contributed by atoms with E-state index in [1.54, 1.807) is 20.8 Å². The van der Waals surface area contributed by atoms with Gasteiger partial charge in [0.15, 0.2) is 0 Å². The molecule has 188 valence electrons. The van der Waals surface area contributed by atoms with Crippen LogP contribution in [0.15, 0.2) is 18.2 Å². The summed E-state index contributed by atoms with van der Waals surface area (Å²) in [4.78, 5) is 40.8. The van der Waals surface area contributed by atoms with Gasteiger partial charge in [0.25, 0.3) is 5.91 Å². The first-order valence-corrected chi connectivity index (χ1v) is 11.7. The smallest absolute Gasteiger partial charge is 0.408 e. The molecule has 0 fully saturated rings. The summed E-state index contributed by atoms with van der Waals surface area (Å²) in [6, 6.07) is 6.06. The summed E-state index contributed by atoms with van der Waals surface area (Å²) in [5, 5.41) is 5.62. The number of terminal acetylenes is 1. The second-order valence-electron chi connectivity index (χ2n) is 10.9. The number of carbonyl (C=O) groups is 3. The molecule has 0 aliphatic rings. The highest BCUT2D eigenvalue weighted by Gasteiger charge is 2.38. The Morgan fingerprint density at radius 1 is 1.06 bits per heavy atom. The number of alkyl carbamates (subject to hydrolysis) is 1. The molecule has 7 heteroatoms. The zero-order valence-electron chi connectivity index (χ0n) is 22.3. The van der Waals surface area contributed by atoms with Crippen molar-refractivity contribution in [2.45, 2.75) is 98.9 Å². The zero-order valence-corrected chi connectivity index (χ0v) is 22.3. The topological polar surface area (TPSA) is 87.7 Å². The van der Waals surface area contributed by atoms with Crippen molar-refractivity contribution in [3.8, 4) is 12.5 Å². The molecule has 0 aliphatic carbocycles. The number of amides is 3. The summed E-state index contributed by atoms with van der Waals surface area (Å²) < 4.78 is 5.36. The van der Waals surface area contributed by atoms with Crippen molar-refractivity contribution < 1.29 is 19.1 Å². The molecule has 0 aliphatic heterocycles. The summed E-state index contributed by atoms with van der Waals surface area (Å²) in [7, 11) is 0. The SMILES string of the molecule is C#CN(C(=O)C(NC(=O)OC(C)(C)C)C(C)CC)C(C(=O)NC(C)(C)C)c1cc(C)cc(C)c1. The van der Waals surface area contributed by atoms with Crippen molar-refractivity contribution in [3.05, 3.63) is 34.9 Å². The van der Waals surface area contributed by atoms with Crippen molar-refractivity contribution in [2.24, 2.45) is 5.92 Å². The van der Waals surface area contributed by atoms with Gasteiger partial charge in [-0.05, 0) is 66.9 Å². The van der Waals surface area contributed by atoms with E-state index in [0.717, 1.165) is 16.0 Å². The van der Waals surface area contributed by atoms with E-state index >= 15 is 0 Å². The van der Waals surface area contributed by atoms with Crippen molar-refractivity contribution in [1.29, 1.82) is 0 Å². The number of nitrogens with zero attached hydrogens (tertiary/aromatic N) is 1. The Kier molecular flexibility index (Phi) is 9.74. The molecular weight excluding hydrogens is 430 g/mol. The quantitative estimate of drug-likeness (QED) is 0.449. The summed E-state index contributed by atoms with van der Waals surface area (Å²) in [5.41, 5.74) is 1.22. The highest BCUT2D eigenvalue weighted by atomic mass is 16.6. The maximum atomic E-state index is 13.8. The number of hydrogen-bond acceptors (Lipinski definition) is 4. The molecule has 0 radical (unpaired) electrons. The molecule has 0 saturated heterocycles. The van der Waals surface area contributed by atoms with Crippen LogP contribution in [-0.2, 0) is 14.3 Å². The Morgan fingerprint density at radius 2 is 1.59 bits per heavy atom. The first kappa shape index (κ1) is 29.0. The number of carbonyl (C=O) groups excluding carboxylic acids is 3. The lowest BCUT2D eigenvalue weighted by molar-refractivity contribution is -0.140. The van der Waals surface area contributed by atoms with Crippen LogP contribution in [0.3, 0.4) is 0 Å². The fraction of sp³-hybridized carbons (Fsp3) is 0.593. The van der Waals surface area contributed by atoms with Crippen LogP contribution in [0.2, 0.25) is 0 Å². The molecular formula is C27H41N3O4. The molecule has 1 aromatic carbocycles. The number of benzene rings is 1. The lowest BCUT2D eigenvalue weighted by Gasteiger charge is -2.34. The summed E-state index contributed by atoms with van der Waals surface area (Å²) in [6.45, 7) is 18.4. The Balaban J connectivity index is 3.51. The van der Waals surface area contributed by atoms with Crippen LogP contribution in [0.1, 0.15) is 84.5 Å². The lowest BCUT2D eigenvalue weighted by Crippen LogP contribution is -2.55. The Labute approximate surface area is 205 Å². The molecule has 3 atom stereocenters. The minimum atomic E-state index is -1.07. The second-order valence-corrected chi connectivity index (χ2v) is 10.9. The third-order valence-corrected chi connectivity index (χ3v) is 5.09. The van der Waals surface area contributed by atoms with Gasteiger partial charge >= 0.3 is 6.09 Å². The van der Waals surface area contributed by atoms with Gasteiger partial charge in [0.2, 0.25) is 5.91 Å². The molecule has 2 N–H and O–H groups in total. The second kappa shape index (κ2) is 11.4. The minimum Gasteiger partial charge on any atom is -0.444 e. The molecule has 0 heterocycles. The third kappa shape index (κ3) is 8.74. The molecule has 34 heavy (non-hydrogen) atoms. The first-order valence-electron chi connectivity index (χ1n) is 11.7. The number of ether oxygens (including phenoxy) is 1. The lowest BCUT2D eigenvalue weighted by atomic mass is 9.94. The van der Waals surface area contributed by atoms with Gasteiger partial charge in [-0.15, -0.1) is 0 Å². The van der Waals surface area contributed by atoms with Crippen LogP contribution in [0, 0.1) is 32.2 Å². The number of nitrogens with one attached hydrogen (secondary N) is 2. The van der Waals surface area contributed by atoms with E-state index in [0.29, 0.717) is 12.0 Å². The van der Waals surface area contributed by atoms with Crippen LogP contribution in [0.25, 0.3) is 0 Å². The average Bonchev–Trinajstić information content (AvgIpc) is 2.65. The highest BCUT2D eigenvalue weighted by Crippen LogP contribution is 2.26. The first-order chi connectivity index (χ1) is 15.5. The Hall–Kier alpha value is -3.01. The van der Waals surface area contributed by atoms with E-state index in [2.05, 4.69) is 16.7 Å². The van der Waals surface area contributed by atoms with Gasteiger partial charge in [0, 0.05) is 11.6 Å². The normalized spacial score (nSPS) is 14.3. The fourth-order valence-corrected chi connectivity index (χ4v) is 3.56. The predicted octanol–water partition coefficient (Wildman–Crippen LogP) is 4.62. The molecule has 1 rings (SSSR count). The van der Waals surface area contributed by atoms with E-state index in [4.69, 9.17) is 11.2 Å². The maximum Gasteiger partial charge on any atom is 0.408 e. The van der Waals surface area contributed by atoms with Crippen LogP contribution >= 0.6 is 0 Å². The average molecular weight is 472 g/mol. The van der Waals surface area contributed by atoms with Crippen molar-refractivity contribution in [2.75, 3.05) is 0 Å². The molecule has 0 saturated carbocycles. The van der Waals surface area contributed by atoms with Crippen molar-refractivity contribution in [1.82, 2.24) is 15.5 Å². The van der Waals surface area contributed by atoms with Gasteiger partial charge in [-0.25, -0.2) is 4.79 Å². The molecule has 0 aromatic heterocycles. The third-order valence-electron chi connectivity index (χ3n) is 5.09. The van der Waals surface area contributed by atoms with Gasteiger partial charge in [-0.1, -0.05) is 56.0 Å². The molecule has 3 amide bonds. The van der Waals surface area contributed by atoms with E-state index in [1.807, 2.05) is 66.7 Å². The van der Waals surface area contributed by atoms with E-state index in [-0.39, 0.29) is 5.92 Å². The zero-order chi connectivity index (χ0) is 26.4. The van der Waals surface area contributed by atoms with Crippen molar-refractivity contribution >= 4 is 17.9 Å². The van der Waals surface area contributed by atoms with E-state index in [1.165, 1.54) is 0 Å². The monoisotopic (exact) mass is 471 g/mol. The molecule has 1 aromatic rings. The van der Waals surface area contributed by atoms with Crippen LogP contribution in [-0.4, -0.2) is 40.0 Å². The van der Waals surface area contributed by atoms with Crippen molar-refractivity contribution in [3.63, 3.8) is 0 Å². The van der Waals surface area contributed by atoms with Crippen LogP contribution in [0.5, 0.6) is 0 Å².